The lowest BCUT2D eigenvalue weighted by Gasteiger charge is -2.40. The van der Waals surface area contributed by atoms with Gasteiger partial charge < -0.3 is 29.5 Å². The Morgan fingerprint density at radius 2 is 1.76 bits per heavy atom. The van der Waals surface area contributed by atoms with Gasteiger partial charge in [0.2, 0.25) is 11.7 Å². The summed E-state index contributed by atoms with van der Waals surface area (Å²) in [5.74, 6) is -0.615. The van der Waals surface area contributed by atoms with Crippen LogP contribution in [0.2, 0.25) is 0 Å². The van der Waals surface area contributed by atoms with E-state index in [1.165, 1.54) is 27.8 Å². The van der Waals surface area contributed by atoms with Gasteiger partial charge in [0.1, 0.15) is 22.9 Å². The predicted molar refractivity (Wildman–Crippen MR) is 178 cm³/mol. The third-order valence-corrected chi connectivity index (χ3v) is 10.5. The Kier molecular flexibility index (Phi) is 7.93. The highest BCUT2D eigenvalue weighted by molar-refractivity contribution is 8.45. The fourth-order valence-corrected chi connectivity index (χ4v) is 7.48. The molecule has 4 aromatic rings. The Balaban J connectivity index is 1.22. The van der Waals surface area contributed by atoms with E-state index in [9.17, 15) is 38.9 Å². The molecule has 1 aliphatic carbocycles. The Hall–Kier alpha value is -5.04. The van der Waals surface area contributed by atoms with Crippen LogP contribution in [0.1, 0.15) is 35.4 Å². The van der Waals surface area contributed by atoms with Gasteiger partial charge in [-0.3, -0.25) is 14.4 Å². The number of piperazine rings is 1. The minimum atomic E-state index is -9.91. The van der Waals surface area contributed by atoms with E-state index < -0.39 is 39.0 Å². The number of nitrogens with one attached hydrogen (secondary N) is 1. The number of aromatic hydroxyl groups is 1. The van der Waals surface area contributed by atoms with Crippen molar-refractivity contribution in [2.45, 2.75) is 31.2 Å². The number of pyridine rings is 1. The van der Waals surface area contributed by atoms with Crippen LogP contribution in [0, 0.1) is 11.8 Å². The Labute approximate surface area is 287 Å². The standard InChI is InChI=1S/C32H33F5N8O5S/c1-2-24-28(42-10-12-43(13-11-42)30(48)27-25(46)4-3-9-38-27)31(49)45-32(40-29(41-45)19-14-20-17-50-18-21(20)15-19)44(24)16-26(47)39-22-5-7-23(8-6-22)51(33,34,35,36)37/h3-9,14,20-21,46H,2,10-13,15-18H2,1H3,(H,39,47). The summed E-state index contributed by atoms with van der Waals surface area (Å²) in [6.45, 7) is 3.29. The first-order chi connectivity index (χ1) is 24.0. The number of rotatable bonds is 8. The maximum absolute atomic E-state index is 14.2. The van der Waals surface area contributed by atoms with Crippen molar-refractivity contribution in [3.8, 4) is 5.75 Å². The number of allylic oxidation sites excluding steroid dienone is 1. The number of fused-ring (bicyclic) bond motifs is 2. The van der Waals surface area contributed by atoms with Crippen LogP contribution in [0.25, 0.3) is 11.4 Å². The molecule has 2 fully saturated rings. The van der Waals surface area contributed by atoms with Crippen molar-refractivity contribution in [2.24, 2.45) is 11.8 Å². The molecule has 2 unspecified atom stereocenters. The number of ether oxygens (including phenoxy) is 1. The molecular weight excluding hydrogens is 703 g/mol. The van der Waals surface area contributed by atoms with E-state index in [0.717, 1.165) is 22.2 Å². The van der Waals surface area contributed by atoms with Crippen LogP contribution in [0.3, 0.4) is 0 Å². The maximum atomic E-state index is 14.2. The second kappa shape index (κ2) is 11.8. The summed E-state index contributed by atoms with van der Waals surface area (Å²) in [4.78, 5) is 50.6. The van der Waals surface area contributed by atoms with E-state index in [2.05, 4.69) is 20.4 Å². The van der Waals surface area contributed by atoms with E-state index in [4.69, 9.17) is 4.74 Å². The van der Waals surface area contributed by atoms with Crippen molar-refractivity contribution in [1.29, 1.82) is 0 Å². The summed E-state index contributed by atoms with van der Waals surface area (Å²) < 4.78 is 74.4. The molecule has 3 aromatic heterocycles. The summed E-state index contributed by atoms with van der Waals surface area (Å²) in [6.07, 6.45) is 4.32. The Morgan fingerprint density at radius 1 is 1.04 bits per heavy atom. The van der Waals surface area contributed by atoms with Crippen LogP contribution >= 0.6 is 10.2 Å². The van der Waals surface area contributed by atoms with Gasteiger partial charge in [-0.05, 0) is 60.7 Å². The molecule has 2 N–H and O–H groups in total. The first-order valence-electron chi connectivity index (χ1n) is 16.1. The van der Waals surface area contributed by atoms with Crippen molar-refractivity contribution in [1.82, 2.24) is 29.0 Å². The molecule has 19 heteroatoms. The largest absolute Gasteiger partial charge is 0.505 e. The molecule has 7 rings (SSSR count). The van der Waals surface area contributed by atoms with Gasteiger partial charge >= 0.3 is 10.2 Å². The van der Waals surface area contributed by atoms with Gasteiger partial charge in [0.15, 0.2) is 11.5 Å². The number of nitrogens with zero attached hydrogens (tertiary/aromatic N) is 7. The first kappa shape index (κ1) is 34.4. The second-order valence-corrected chi connectivity index (χ2v) is 15.1. The molecule has 5 heterocycles. The average molecular weight is 737 g/mol. The third-order valence-electron chi connectivity index (χ3n) is 9.35. The van der Waals surface area contributed by atoms with E-state index in [-0.39, 0.29) is 85.2 Å². The van der Waals surface area contributed by atoms with Crippen molar-refractivity contribution in [3.63, 3.8) is 0 Å². The molecule has 2 amide bonds. The summed E-state index contributed by atoms with van der Waals surface area (Å²) >= 11 is 0. The van der Waals surface area contributed by atoms with Crippen LogP contribution in [-0.2, 0) is 22.5 Å². The van der Waals surface area contributed by atoms with Gasteiger partial charge in [-0.1, -0.05) is 32.4 Å². The highest BCUT2D eigenvalue weighted by Crippen LogP contribution is 3.02. The van der Waals surface area contributed by atoms with Crippen molar-refractivity contribution in [3.05, 3.63) is 76.2 Å². The molecule has 0 spiro atoms. The maximum Gasteiger partial charge on any atom is 0.310 e. The second-order valence-electron chi connectivity index (χ2n) is 12.7. The Bertz CT molecular complexity index is 2150. The highest BCUT2D eigenvalue weighted by Gasteiger charge is 2.65. The minimum absolute atomic E-state index is 0.0654. The van der Waals surface area contributed by atoms with Crippen LogP contribution in [0.15, 0.2) is 58.4 Å². The summed E-state index contributed by atoms with van der Waals surface area (Å²) in [7, 11) is -9.91. The summed E-state index contributed by atoms with van der Waals surface area (Å²) in [5.41, 5.74) is 0.755. The van der Waals surface area contributed by atoms with Gasteiger partial charge in [-0.2, -0.15) is 9.50 Å². The smallest absolute Gasteiger partial charge is 0.310 e. The fourth-order valence-electron chi connectivity index (χ4n) is 6.83. The Morgan fingerprint density at radius 3 is 2.41 bits per heavy atom. The van der Waals surface area contributed by atoms with E-state index in [1.807, 2.05) is 6.08 Å². The molecule has 1 aromatic carbocycles. The molecule has 0 saturated carbocycles. The molecule has 2 saturated heterocycles. The number of amides is 2. The molecule has 51 heavy (non-hydrogen) atoms. The number of hydrogen-bond acceptors (Lipinski definition) is 9. The molecule has 2 atom stereocenters. The number of hydrogen-bond donors (Lipinski definition) is 2. The SMILES string of the molecule is CCc1c(N2CCN(C(=O)c3ncccc3O)CC2)c(=O)n2nc(C3=CC4COCC4C3)nc2n1CC(=O)Nc1ccc(S(F)(F)(F)(F)F)cc1. The monoisotopic (exact) mass is 736 g/mol. The van der Waals surface area contributed by atoms with Crippen LogP contribution in [0.5, 0.6) is 5.75 Å². The van der Waals surface area contributed by atoms with Gasteiger partial charge in [0.25, 0.3) is 11.5 Å². The van der Waals surface area contributed by atoms with Crippen LogP contribution in [0.4, 0.5) is 30.8 Å². The molecule has 0 radical (unpaired) electrons. The number of carbonyl (C=O) groups excluding carboxylic acids is 2. The van der Waals surface area contributed by atoms with Crippen molar-refractivity contribution in [2.75, 3.05) is 49.6 Å². The number of anilines is 2. The van der Waals surface area contributed by atoms with Crippen molar-refractivity contribution < 1.29 is 38.9 Å². The molecule has 2 aliphatic heterocycles. The van der Waals surface area contributed by atoms with E-state index >= 15 is 0 Å². The summed E-state index contributed by atoms with van der Waals surface area (Å²) in [6, 6.07) is 4.78. The zero-order valence-corrected chi connectivity index (χ0v) is 28.0. The quantitative estimate of drug-likeness (QED) is 0.242. The normalized spacial score (nSPS) is 20.5. The third kappa shape index (κ3) is 6.62. The lowest BCUT2D eigenvalue weighted by atomic mass is 10.00. The molecule has 13 nitrogen and oxygen atoms in total. The number of benzene rings is 1. The topological polar surface area (TPSA) is 147 Å². The lowest BCUT2D eigenvalue weighted by molar-refractivity contribution is -0.116. The zero-order valence-electron chi connectivity index (χ0n) is 27.1. The molecular formula is C32H33F5N8O5S. The van der Waals surface area contributed by atoms with E-state index in [1.54, 1.807) is 11.8 Å². The first-order valence-corrected chi connectivity index (χ1v) is 18.1. The predicted octanol–water partition coefficient (Wildman–Crippen LogP) is 4.86. The molecule has 3 aliphatic rings. The minimum Gasteiger partial charge on any atom is -0.505 e. The zero-order chi connectivity index (χ0) is 36.4. The fraction of sp³-hybridized carbons (Fsp3) is 0.375. The van der Waals surface area contributed by atoms with Crippen LogP contribution < -0.4 is 15.8 Å². The summed E-state index contributed by atoms with van der Waals surface area (Å²) in [5, 5.41) is 17.2. The van der Waals surface area contributed by atoms with Crippen LogP contribution in [-0.4, -0.2) is 85.4 Å². The van der Waals surface area contributed by atoms with Gasteiger partial charge in [0, 0.05) is 44.0 Å². The van der Waals surface area contributed by atoms with Gasteiger partial charge in [-0.15, -0.1) is 5.10 Å². The van der Waals surface area contributed by atoms with E-state index in [0.29, 0.717) is 31.2 Å². The molecule has 272 valence electrons. The van der Waals surface area contributed by atoms with Gasteiger partial charge in [0.05, 0.1) is 18.9 Å². The van der Waals surface area contributed by atoms with Gasteiger partial charge in [-0.25, -0.2) is 4.98 Å². The number of aromatic nitrogens is 5. The lowest BCUT2D eigenvalue weighted by Crippen LogP contribution is -2.51. The highest BCUT2D eigenvalue weighted by atomic mass is 32.5. The molecule has 0 bridgehead atoms. The van der Waals surface area contributed by atoms with Crippen molar-refractivity contribution >= 4 is 44.8 Å². The number of halogens is 5. The average Bonchev–Trinajstić information content (AvgIpc) is 3.81. The number of carbonyl (C=O) groups is 2.